The molecule has 0 saturated heterocycles. The van der Waals surface area contributed by atoms with Crippen LogP contribution in [0.4, 0.5) is 10.1 Å². The number of fused-ring (bicyclic) bond motifs is 2. The molecule has 0 aliphatic heterocycles. The Balaban J connectivity index is 1.21. The summed E-state index contributed by atoms with van der Waals surface area (Å²) in [6.07, 6.45) is 8.36. The summed E-state index contributed by atoms with van der Waals surface area (Å²) in [5, 5.41) is 4.27. The van der Waals surface area contributed by atoms with Crippen molar-refractivity contribution in [2.24, 2.45) is 17.8 Å². The van der Waals surface area contributed by atoms with Crippen LogP contribution in [0.2, 0.25) is 5.15 Å². The number of amides is 1. The molecule has 154 valence electrons. The van der Waals surface area contributed by atoms with Crippen molar-refractivity contribution in [3.8, 4) is 0 Å². The predicted molar refractivity (Wildman–Crippen MR) is 116 cm³/mol. The van der Waals surface area contributed by atoms with Crippen molar-refractivity contribution in [3.05, 3.63) is 65.3 Å². The average Bonchev–Trinajstić information content (AvgIpc) is 3.27. The van der Waals surface area contributed by atoms with Crippen molar-refractivity contribution in [2.75, 3.05) is 5.32 Å². The first-order chi connectivity index (χ1) is 14.5. The van der Waals surface area contributed by atoms with E-state index in [0.29, 0.717) is 40.9 Å². The lowest BCUT2D eigenvalue weighted by Gasteiger charge is -2.17. The number of carbonyl (C=O) groups excluding carboxylic acids is 1. The smallest absolute Gasteiger partial charge is 0.224 e. The van der Waals surface area contributed by atoms with E-state index in [1.807, 2.05) is 6.20 Å². The third-order valence-electron chi connectivity index (χ3n) is 6.78. The number of anilines is 1. The fourth-order valence-corrected chi connectivity index (χ4v) is 5.69. The second-order valence-corrected chi connectivity index (χ2v) is 9.10. The minimum absolute atomic E-state index is 0.0382. The number of halogens is 2. The van der Waals surface area contributed by atoms with Gasteiger partial charge in [-0.3, -0.25) is 9.78 Å². The number of pyridine rings is 2. The Kier molecular flexibility index (Phi) is 5.15. The standard InChI is InChI=1S/C24H23ClFN3O/c25-23-4-2-19(13-28-23)29-24(30)9-14-7-15-10-17(11-16(15)8-14)20-5-6-27-22-3-1-18(26)12-21(20)22/h1-6,12-17H,7-11H2,(H,29,30). The number of aromatic nitrogens is 2. The SMILES string of the molecule is O=C(CC1CC2CC(c3ccnc4ccc(F)cc34)CC2C1)Nc1ccc(Cl)nc1. The molecule has 0 bridgehead atoms. The molecule has 4 nitrogen and oxygen atoms in total. The van der Waals surface area contributed by atoms with E-state index in [1.165, 1.54) is 11.6 Å². The molecule has 0 spiro atoms. The van der Waals surface area contributed by atoms with Gasteiger partial charge in [0.1, 0.15) is 11.0 Å². The summed E-state index contributed by atoms with van der Waals surface area (Å²) in [5.41, 5.74) is 2.76. The summed E-state index contributed by atoms with van der Waals surface area (Å²) in [7, 11) is 0. The monoisotopic (exact) mass is 423 g/mol. The Morgan fingerprint density at radius 1 is 1.07 bits per heavy atom. The lowest BCUT2D eigenvalue weighted by Crippen LogP contribution is -2.16. The van der Waals surface area contributed by atoms with Gasteiger partial charge in [0.05, 0.1) is 17.4 Å². The second-order valence-electron chi connectivity index (χ2n) is 8.71. The zero-order valence-corrected chi connectivity index (χ0v) is 17.3. The molecule has 3 aromatic rings. The Bertz CT molecular complexity index is 1070. The van der Waals surface area contributed by atoms with Crippen molar-refractivity contribution >= 4 is 34.1 Å². The van der Waals surface area contributed by atoms with Crippen molar-refractivity contribution in [1.29, 1.82) is 0 Å². The van der Waals surface area contributed by atoms with Crippen LogP contribution in [0.15, 0.2) is 48.8 Å². The highest BCUT2D eigenvalue weighted by atomic mass is 35.5. The molecule has 1 aromatic carbocycles. The molecule has 5 rings (SSSR count). The number of benzene rings is 1. The van der Waals surface area contributed by atoms with Gasteiger partial charge in [0, 0.05) is 18.0 Å². The zero-order chi connectivity index (χ0) is 20.7. The van der Waals surface area contributed by atoms with Crippen LogP contribution < -0.4 is 5.32 Å². The van der Waals surface area contributed by atoms with Gasteiger partial charge in [0.15, 0.2) is 0 Å². The van der Waals surface area contributed by atoms with Gasteiger partial charge >= 0.3 is 0 Å². The van der Waals surface area contributed by atoms with Gasteiger partial charge in [0.25, 0.3) is 0 Å². The minimum Gasteiger partial charge on any atom is -0.325 e. The maximum atomic E-state index is 13.8. The maximum Gasteiger partial charge on any atom is 0.224 e. The molecule has 2 heterocycles. The molecule has 1 amide bonds. The third kappa shape index (κ3) is 3.91. The molecule has 2 unspecified atom stereocenters. The highest BCUT2D eigenvalue weighted by Crippen LogP contribution is 2.53. The zero-order valence-electron chi connectivity index (χ0n) is 16.5. The first-order valence-corrected chi connectivity index (χ1v) is 10.9. The van der Waals surface area contributed by atoms with Crippen molar-refractivity contribution in [3.63, 3.8) is 0 Å². The fraction of sp³-hybridized carbons (Fsp3) is 0.375. The van der Waals surface area contributed by atoms with Gasteiger partial charge in [0.2, 0.25) is 5.91 Å². The van der Waals surface area contributed by atoms with Crippen LogP contribution in [0.3, 0.4) is 0 Å². The van der Waals surface area contributed by atoms with Crippen LogP contribution >= 0.6 is 11.6 Å². The van der Waals surface area contributed by atoms with E-state index in [-0.39, 0.29) is 11.7 Å². The molecule has 2 aliphatic rings. The van der Waals surface area contributed by atoms with Crippen molar-refractivity contribution in [2.45, 2.75) is 38.0 Å². The van der Waals surface area contributed by atoms with E-state index < -0.39 is 0 Å². The third-order valence-corrected chi connectivity index (χ3v) is 7.00. The van der Waals surface area contributed by atoms with E-state index >= 15 is 0 Å². The molecule has 0 radical (unpaired) electrons. The Labute approximate surface area is 179 Å². The molecule has 2 fully saturated rings. The Morgan fingerprint density at radius 3 is 2.60 bits per heavy atom. The number of nitrogens with one attached hydrogen (secondary N) is 1. The molecule has 2 aromatic heterocycles. The lowest BCUT2D eigenvalue weighted by molar-refractivity contribution is -0.117. The first kappa shape index (κ1) is 19.4. The van der Waals surface area contributed by atoms with Crippen LogP contribution in [0, 0.1) is 23.6 Å². The van der Waals surface area contributed by atoms with Gasteiger partial charge in [-0.2, -0.15) is 0 Å². The normalized spacial score (nSPS) is 25.4. The molecule has 2 atom stereocenters. The lowest BCUT2D eigenvalue weighted by atomic mass is 9.89. The summed E-state index contributed by atoms with van der Waals surface area (Å²) in [6.45, 7) is 0. The summed E-state index contributed by atoms with van der Waals surface area (Å²) in [6, 6.07) is 10.3. The summed E-state index contributed by atoms with van der Waals surface area (Å²) < 4.78 is 13.8. The van der Waals surface area contributed by atoms with E-state index in [9.17, 15) is 9.18 Å². The molecule has 30 heavy (non-hydrogen) atoms. The quantitative estimate of drug-likeness (QED) is 0.526. The Morgan fingerprint density at radius 2 is 1.87 bits per heavy atom. The van der Waals surface area contributed by atoms with Crippen LogP contribution in [0.25, 0.3) is 10.9 Å². The van der Waals surface area contributed by atoms with E-state index in [4.69, 9.17) is 11.6 Å². The van der Waals surface area contributed by atoms with Crippen LogP contribution in [0.1, 0.15) is 43.6 Å². The Hall–Kier alpha value is -2.53. The van der Waals surface area contributed by atoms with E-state index in [0.717, 1.165) is 36.6 Å². The second kappa shape index (κ2) is 7.95. The molecular weight excluding hydrogens is 401 g/mol. The summed E-state index contributed by atoms with van der Waals surface area (Å²) in [4.78, 5) is 20.8. The molecule has 2 saturated carbocycles. The van der Waals surface area contributed by atoms with Crippen LogP contribution in [-0.4, -0.2) is 15.9 Å². The van der Waals surface area contributed by atoms with Crippen molar-refractivity contribution < 1.29 is 9.18 Å². The minimum atomic E-state index is -0.211. The summed E-state index contributed by atoms with van der Waals surface area (Å²) in [5.74, 6) is 1.98. The van der Waals surface area contributed by atoms with Gasteiger partial charge in [-0.15, -0.1) is 0 Å². The van der Waals surface area contributed by atoms with Gasteiger partial charge in [-0.25, -0.2) is 9.37 Å². The highest BCUT2D eigenvalue weighted by Gasteiger charge is 2.42. The predicted octanol–water partition coefficient (Wildman–Crippen LogP) is 5.97. The number of hydrogen-bond donors (Lipinski definition) is 1. The average molecular weight is 424 g/mol. The van der Waals surface area contributed by atoms with E-state index in [1.54, 1.807) is 30.5 Å². The number of nitrogens with zero attached hydrogens (tertiary/aromatic N) is 2. The largest absolute Gasteiger partial charge is 0.325 e. The number of rotatable bonds is 4. The fourth-order valence-electron chi connectivity index (χ4n) is 5.58. The first-order valence-electron chi connectivity index (χ1n) is 10.5. The number of hydrogen-bond acceptors (Lipinski definition) is 3. The highest BCUT2D eigenvalue weighted by molar-refractivity contribution is 6.29. The van der Waals surface area contributed by atoms with Crippen molar-refractivity contribution in [1.82, 2.24) is 9.97 Å². The van der Waals surface area contributed by atoms with Crippen LogP contribution in [-0.2, 0) is 4.79 Å². The molecule has 1 N–H and O–H groups in total. The van der Waals surface area contributed by atoms with E-state index in [2.05, 4.69) is 21.4 Å². The van der Waals surface area contributed by atoms with Crippen LogP contribution in [0.5, 0.6) is 0 Å². The van der Waals surface area contributed by atoms with Gasteiger partial charge in [-0.05, 0) is 91.3 Å². The number of carbonyl (C=O) groups is 1. The summed E-state index contributed by atoms with van der Waals surface area (Å²) >= 11 is 5.79. The topological polar surface area (TPSA) is 54.9 Å². The molecule has 6 heteroatoms. The maximum absolute atomic E-state index is 13.8. The molecule has 2 aliphatic carbocycles. The van der Waals surface area contributed by atoms with Gasteiger partial charge < -0.3 is 5.32 Å². The van der Waals surface area contributed by atoms with Gasteiger partial charge in [-0.1, -0.05) is 11.6 Å². The molecular formula is C24H23ClFN3O.